The normalized spacial score (nSPS) is 16.4. The van der Waals surface area contributed by atoms with Crippen molar-refractivity contribution in [1.29, 1.82) is 0 Å². The molecule has 5 nitrogen and oxygen atoms in total. The molecule has 1 fully saturated rings. The van der Waals surface area contributed by atoms with E-state index in [-0.39, 0.29) is 29.9 Å². The quantitative estimate of drug-likeness (QED) is 0.810. The van der Waals surface area contributed by atoms with Crippen LogP contribution >= 0.6 is 0 Å². The maximum Gasteiger partial charge on any atom is 0.246 e. The third-order valence-electron chi connectivity index (χ3n) is 4.52. The van der Waals surface area contributed by atoms with Gasteiger partial charge in [-0.2, -0.15) is 0 Å². The van der Waals surface area contributed by atoms with Gasteiger partial charge in [-0.25, -0.2) is 8.78 Å². The number of halogens is 2. The highest BCUT2D eigenvalue weighted by Gasteiger charge is 2.29. The van der Waals surface area contributed by atoms with Crippen LogP contribution in [-0.2, 0) is 9.59 Å². The highest BCUT2D eigenvalue weighted by molar-refractivity contribution is 5.92. The average molecular weight is 366 g/mol. The minimum atomic E-state index is -0.701. The molecule has 1 atom stereocenters. The second kappa shape index (κ2) is 8.89. The molecule has 1 unspecified atom stereocenters. The fourth-order valence-electron chi connectivity index (χ4n) is 2.90. The molecule has 0 aromatic heterocycles. The van der Waals surface area contributed by atoms with Gasteiger partial charge in [0.2, 0.25) is 11.8 Å². The number of rotatable bonds is 5. The molecule has 1 aliphatic rings. The van der Waals surface area contributed by atoms with E-state index in [1.165, 1.54) is 12.2 Å². The van der Waals surface area contributed by atoms with E-state index in [4.69, 9.17) is 0 Å². The molecule has 0 radical (unpaired) electrons. The number of nitrogens with zero attached hydrogens (tertiary/aromatic N) is 2. The van der Waals surface area contributed by atoms with Gasteiger partial charge in [-0.05, 0) is 29.7 Å². The molecule has 142 valence electrons. The molecule has 1 aliphatic heterocycles. The third-order valence-corrected chi connectivity index (χ3v) is 4.52. The summed E-state index contributed by atoms with van der Waals surface area (Å²) in [5.74, 6) is -2.16. The first-order valence-corrected chi connectivity index (χ1v) is 8.64. The summed E-state index contributed by atoms with van der Waals surface area (Å²) in [7, 11) is 0. The van der Waals surface area contributed by atoms with Crippen LogP contribution in [0.1, 0.15) is 19.4 Å². The molecule has 1 aromatic rings. The van der Waals surface area contributed by atoms with E-state index >= 15 is 0 Å². The lowest BCUT2D eigenvalue weighted by molar-refractivity contribution is -0.142. The molecular weight excluding hydrogens is 342 g/mol. The molecule has 2 amide bonds. The first-order chi connectivity index (χ1) is 12.3. The molecule has 0 aliphatic carbocycles. The summed E-state index contributed by atoms with van der Waals surface area (Å²) in [6, 6.07) is 3.06. The van der Waals surface area contributed by atoms with Gasteiger partial charge in [-0.1, -0.05) is 13.8 Å². The SMILES string of the molecule is CC(C)C(CO)C(=O)N1CCN(C(=O)C=Cc2cc(F)cc(F)c2)CC1. The van der Waals surface area contributed by atoms with E-state index in [9.17, 15) is 23.5 Å². The van der Waals surface area contributed by atoms with E-state index in [0.29, 0.717) is 26.2 Å². The van der Waals surface area contributed by atoms with Crippen LogP contribution < -0.4 is 0 Å². The fourth-order valence-corrected chi connectivity index (χ4v) is 2.90. The number of carbonyl (C=O) groups excluding carboxylic acids is 2. The summed E-state index contributed by atoms with van der Waals surface area (Å²) in [5.41, 5.74) is 0.271. The van der Waals surface area contributed by atoms with Crippen molar-refractivity contribution in [2.24, 2.45) is 11.8 Å². The number of aliphatic hydroxyl groups is 1. The summed E-state index contributed by atoms with van der Waals surface area (Å²) in [6.45, 7) is 5.14. The zero-order chi connectivity index (χ0) is 19.3. The highest BCUT2D eigenvalue weighted by Crippen LogP contribution is 2.16. The molecule has 2 rings (SSSR count). The lowest BCUT2D eigenvalue weighted by atomic mass is 9.95. The van der Waals surface area contributed by atoms with Crippen LogP contribution in [-0.4, -0.2) is 59.5 Å². The Bertz CT molecular complexity index is 663. The second-order valence-electron chi connectivity index (χ2n) is 6.72. The van der Waals surface area contributed by atoms with Gasteiger partial charge >= 0.3 is 0 Å². The molecular formula is C19H24F2N2O3. The van der Waals surface area contributed by atoms with Crippen molar-refractivity contribution >= 4 is 17.9 Å². The Morgan fingerprint density at radius 2 is 1.62 bits per heavy atom. The topological polar surface area (TPSA) is 60.9 Å². The summed E-state index contributed by atoms with van der Waals surface area (Å²) in [6.07, 6.45) is 2.64. The predicted octanol–water partition coefficient (Wildman–Crippen LogP) is 1.91. The lowest BCUT2D eigenvalue weighted by Gasteiger charge is -2.36. The number of piperazine rings is 1. The highest BCUT2D eigenvalue weighted by atomic mass is 19.1. The van der Waals surface area contributed by atoms with Gasteiger partial charge in [0.25, 0.3) is 0 Å². The molecule has 0 spiro atoms. The Kier molecular flexibility index (Phi) is 6.85. The van der Waals surface area contributed by atoms with Crippen molar-refractivity contribution in [3.63, 3.8) is 0 Å². The predicted molar refractivity (Wildman–Crippen MR) is 94.0 cm³/mol. The maximum absolute atomic E-state index is 13.2. The number of hydrogen-bond donors (Lipinski definition) is 1. The van der Waals surface area contributed by atoms with E-state index in [2.05, 4.69) is 0 Å². The summed E-state index contributed by atoms with van der Waals surface area (Å²) in [4.78, 5) is 27.9. The Morgan fingerprint density at radius 1 is 1.08 bits per heavy atom. The molecule has 1 aromatic carbocycles. The van der Waals surface area contributed by atoms with Crippen molar-refractivity contribution in [3.05, 3.63) is 41.5 Å². The maximum atomic E-state index is 13.2. The van der Waals surface area contributed by atoms with Crippen molar-refractivity contribution in [3.8, 4) is 0 Å². The largest absolute Gasteiger partial charge is 0.396 e. The number of amides is 2. The molecule has 1 heterocycles. The van der Waals surface area contributed by atoms with Crippen molar-refractivity contribution in [2.75, 3.05) is 32.8 Å². The number of aliphatic hydroxyl groups excluding tert-OH is 1. The van der Waals surface area contributed by atoms with Gasteiger partial charge in [-0.3, -0.25) is 9.59 Å². The number of hydrogen-bond acceptors (Lipinski definition) is 3. The van der Waals surface area contributed by atoms with Crippen LogP contribution in [0.5, 0.6) is 0 Å². The molecule has 26 heavy (non-hydrogen) atoms. The van der Waals surface area contributed by atoms with Crippen LogP contribution in [0.25, 0.3) is 6.08 Å². The van der Waals surface area contributed by atoms with Crippen LogP contribution in [0.4, 0.5) is 8.78 Å². The van der Waals surface area contributed by atoms with Gasteiger partial charge in [-0.15, -0.1) is 0 Å². The first kappa shape index (κ1) is 20.0. The fraction of sp³-hybridized carbons (Fsp3) is 0.474. The Hall–Kier alpha value is -2.28. The van der Waals surface area contributed by atoms with Crippen molar-refractivity contribution < 1.29 is 23.5 Å². The smallest absolute Gasteiger partial charge is 0.246 e. The van der Waals surface area contributed by atoms with E-state index in [0.717, 1.165) is 18.2 Å². The molecule has 1 saturated heterocycles. The van der Waals surface area contributed by atoms with E-state index in [1.807, 2.05) is 13.8 Å². The second-order valence-corrected chi connectivity index (χ2v) is 6.72. The van der Waals surface area contributed by atoms with Crippen LogP contribution in [0, 0.1) is 23.5 Å². The van der Waals surface area contributed by atoms with Crippen LogP contribution in [0.3, 0.4) is 0 Å². The van der Waals surface area contributed by atoms with Crippen LogP contribution in [0.2, 0.25) is 0 Å². The Labute approximate surface area is 151 Å². The summed E-state index contributed by atoms with van der Waals surface area (Å²) >= 11 is 0. The summed E-state index contributed by atoms with van der Waals surface area (Å²) in [5, 5.41) is 9.38. The van der Waals surface area contributed by atoms with Crippen molar-refractivity contribution in [2.45, 2.75) is 13.8 Å². The minimum absolute atomic E-state index is 0.0433. The zero-order valence-electron chi connectivity index (χ0n) is 15.0. The molecule has 1 N–H and O–H groups in total. The van der Waals surface area contributed by atoms with Gasteiger partial charge in [0.15, 0.2) is 0 Å². The molecule has 7 heteroatoms. The monoisotopic (exact) mass is 366 g/mol. The summed E-state index contributed by atoms with van der Waals surface area (Å²) < 4.78 is 26.3. The number of benzene rings is 1. The van der Waals surface area contributed by atoms with Gasteiger partial charge in [0, 0.05) is 38.3 Å². The number of carbonyl (C=O) groups is 2. The Morgan fingerprint density at radius 3 is 2.12 bits per heavy atom. The Balaban J connectivity index is 1.91. The third kappa shape index (κ3) is 5.11. The minimum Gasteiger partial charge on any atom is -0.396 e. The standard InChI is InChI=1S/C19H24F2N2O3/c1-13(2)17(12-24)19(26)23-7-5-22(6-8-23)18(25)4-3-14-9-15(20)11-16(21)10-14/h3-4,9-11,13,17,24H,5-8,12H2,1-2H3. The molecule has 0 saturated carbocycles. The first-order valence-electron chi connectivity index (χ1n) is 8.64. The van der Waals surface area contributed by atoms with Gasteiger partial charge in [0.1, 0.15) is 11.6 Å². The van der Waals surface area contributed by atoms with Crippen molar-refractivity contribution in [1.82, 2.24) is 9.80 Å². The van der Waals surface area contributed by atoms with E-state index < -0.39 is 17.6 Å². The average Bonchev–Trinajstić information content (AvgIpc) is 2.59. The van der Waals surface area contributed by atoms with Gasteiger partial charge < -0.3 is 14.9 Å². The lowest BCUT2D eigenvalue weighted by Crippen LogP contribution is -2.52. The van der Waals surface area contributed by atoms with Crippen LogP contribution in [0.15, 0.2) is 24.3 Å². The zero-order valence-corrected chi connectivity index (χ0v) is 15.0. The van der Waals surface area contributed by atoms with Gasteiger partial charge in [0.05, 0.1) is 12.5 Å². The molecule has 0 bridgehead atoms. The van der Waals surface area contributed by atoms with E-state index in [1.54, 1.807) is 9.80 Å².